The molecule has 6 heteroatoms. The number of hydrogen-bond acceptors (Lipinski definition) is 4. The molecule has 1 unspecified atom stereocenters. The third kappa shape index (κ3) is 3.70. The molecule has 4 nitrogen and oxygen atoms in total. The molecule has 1 atom stereocenters. The summed E-state index contributed by atoms with van der Waals surface area (Å²) in [5, 5.41) is 11.6. The molecule has 1 aromatic carbocycles. The summed E-state index contributed by atoms with van der Waals surface area (Å²) in [4.78, 5) is 13.0. The molecule has 1 heterocycles. The van der Waals surface area contributed by atoms with Crippen LogP contribution < -0.4 is 0 Å². The minimum atomic E-state index is -0.339. The van der Waals surface area contributed by atoms with Gasteiger partial charge in [0.1, 0.15) is 0 Å². The highest BCUT2D eigenvalue weighted by Crippen LogP contribution is 2.30. The molecule has 104 valence electrons. The van der Waals surface area contributed by atoms with Gasteiger partial charge in [-0.15, -0.1) is 0 Å². The second-order valence-electron chi connectivity index (χ2n) is 4.64. The number of nitro groups is 1. The van der Waals surface area contributed by atoms with Gasteiger partial charge in [0.05, 0.1) is 9.40 Å². The number of rotatable bonds is 4. The number of halogens is 1. The van der Waals surface area contributed by atoms with Crippen LogP contribution in [0, 0.1) is 10.1 Å². The predicted molar refractivity (Wildman–Crippen MR) is 82.6 cm³/mol. The molecule has 0 aromatic heterocycles. The maximum atomic E-state index is 10.9. The van der Waals surface area contributed by atoms with E-state index in [9.17, 15) is 10.1 Å². The molecule has 0 saturated carbocycles. The van der Waals surface area contributed by atoms with Crippen LogP contribution in [0.25, 0.3) is 0 Å². The lowest BCUT2D eigenvalue weighted by molar-refractivity contribution is -0.385. The van der Waals surface area contributed by atoms with Crippen LogP contribution in [0.15, 0.2) is 22.7 Å². The fourth-order valence-electron chi connectivity index (χ4n) is 2.24. The van der Waals surface area contributed by atoms with Crippen molar-refractivity contribution in [3.8, 4) is 0 Å². The van der Waals surface area contributed by atoms with Gasteiger partial charge in [0.25, 0.3) is 5.69 Å². The molecule has 1 aliphatic heterocycles. The Hall–Kier alpha value is -0.590. The molecule has 0 aliphatic carbocycles. The molecule has 1 fully saturated rings. The Labute approximate surface area is 125 Å². The maximum absolute atomic E-state index is 10.9. The Morgan fingerprint density at radius 3 is 3.05 bits per heavy atom. The van der Waals surface area contributed by atoms with Crippen LogP contribution in [-0.2, 0) is 6.54 Å². The van der Waals surface area contributed by atoms with Gasteiger partial charge in [-0.05, 0) is 27.9 Å². The van der Waals surface area contributed by atoms with Gasteiger partial charge in [0.15, 0.2) is 0 Å². The topological polar surface area (TPSA) is 46.4 Å². The van der Waals surface area contributed by atoms with Crippen LogP contribution in [0.4, 0.5) is 5.69 Å². The number of benzene rings is 1. The van der Waals surface area contributed by atoms with E-state index in [0.717, 1.165) is 31.0 Å². The molecule has 2 rings (SSSR count). The second-order valence-corrected chi connectivity index (χ2v) is 6.84. The van der Waals surface area contributed by atoms with Gasteiger partial charge >= 0.3 is 0 Å². The zero-order valence-corrected chi connectivity index (χ0v) is 13.2. The highest BCUT2D eigenvalue weighted by molar-refractivity contribution is 9.10. The Bertz CT molecular complexity index is 470. The zero-order valence-electron chi connectivity index (χ0n) is 10.8. The fourth-order valence-corrected chi connectivity index (χ4v) is 4.02. The second kappa shape index (κ2) is 6.72. The summed E-state index contributed by atoms with van der Waals surface area (Å²) >= 11 is 5.40. The first-order valence-electron chi connectivity index (χ1n) is 6.37. The number of thioether (sulfide) groups is 1. The SMILES string of the molecule is CCC1CN(Cc2cccc([N+](=O)[O-])c2Br)CCS1. The normalized spacial score (nSPS) is 20.4. The van der Waals surface area contributed by atoms with Gasteiger partial charge in [0.2, 0.25) is 0 Å². The number of nitrogens with zero attached hydrogens (tertiary/aromatic N) is 2. The van der Waals surface area contributed by atoms with E-state index < -0.39 is 0 Å². The van der Waals surface area contributed by atoms with E-state index in [2.05, 4.69) is 27.8 Å². The minimum Gasteiger partial charge on any atom is -0.297 e. The molecule has 0 radical (unpaired) electrons. The van der Waals surface area contributed by atoms with Crippen molar-refractivity contribution >= 4 is 33.4 Å². The Balaban J connectivity index is 2.10. The minimum absolute atomic E-state index is 0.149. The molecular formula is C13H17BrN2O2S. The van der Waals surface area contributed by atoms with E-state index in [1.165, 1.54) is 12.5 Å². The van der Waals surface area contributed by atoms with Crippen LogP contribution in [-0.4, -0.2) is 33.9 Å². The van der Waals surface area contributed by atoms with Crippen molar-refractivity contribution in [2.45, 2.75) is 25.1 Å². The van der Waals surface area contributed by atoms with Gasteiger partial charge in [-0.1, -0.05) is 19.1 Å². The average Bonchev–Trinajstić information content (AvgIpc) is 2.41. The summed E-state index contributed by atoms with van der Waals surface area (Å²) in [6.45, 7) is 5.11. The summed E-state index contributed by atoms with van der Waals surface area (Å²) in [7, 11) is 0. The van der Waals surface area contributed by atoms with Crippen molar-refractivity contribution in [1.82, 2.24) is 4.90 Å². The van der Waals surface area contributed by atoms with Gasteiger partial charge in [-0.25, -0.2) is 0 Å². The Kier molecular flexibility index (Phi) is 5.24. The van der Waals surface area contributed by atoms with Crippen molar-refractivity contribution in [2.75, 3.05) is 18.8 Å². The van der Waals surface area contributed by atoms with E-state index in [1.807, 2.05) is 17.8 Å². The lowest BCUT2D eigenvalue weighted by Crippen LogP contribution is -2.37. The summed E-state index contributed by atoms with van der Waals surface area (Å²) in [6.07, 6.45) is 1.18. The highest BCUT2D eigenvalue weighted by Gasteiger charge is 2.21. The van der Waals surface area contributed by atoms with E-state index in [1.54, 1.807) is 6.07 Å². The molecule has 0 amide bonds. The lowest BCUT2D eigenvalue weighted by Gasteiger charge is -2.32. The standard InChI is InChI=1S/C13H17BrN2O2S/c1-2-11-9-15(6-7-19-11)8-10-4-3-5-12(13(10)14)16(17)18/h3-5,11H,2,6-9H2,1H3. The van der Waals surface area contributed by atoms with Crippen molar-refractivity contribution in [3.05, 3.63) is 38.3 Å². The molecule has 1 aliphatic rings. The van der Waals surface area contributed by atoms with Crippen LogP contribution in [0.5, 0.6) is 0 Å². The van der Waals surface area contributed by atoms with Crippen molar-refractivity contribution < 1.29 is 4.92 Å². The third-order valence-electron chi connectivity index (χ3n) is 3.33. The van der Waals surface area contributed by atoms with Gasteiger partial charge in [-0.2, -0.15) is 11.8 Å². The molecule has 0 N–H and O–H groups in total. The summed E-state index contributed by atoms with van der Waals surface area (Å²) in [6, 6.07) is 5.25. The number of hydrogen-bond donors (Lipinski definition) is 0. The van der Waals surface area contributed by atoms with E-state index in [4.69, 9.17) is 0 Å². The molecule has 1 saturated heterocycles. The van der Waals surface area contributed by atoms with E-state index >= 15 is 0 Å². The Morgan fingerprint density at radius 1 is 1.58 bits per heavy atom. The monoisotopic (exact) mass is 344 g/mol. The average molecular weight is 345 g/mol. The largest absolute Gasteiger partial charge is 0.297 e. The maximum Gasteiger partial charge on any atom is 0.283 e. The smallest absolute Gasteiger partial charge is 0.283 e. The van der Waals surface area contributed by atoms with E-state index in [0.29, 0.717) is 9.72 Å². The van der Waals surface area contributed by atoms with Crippen LogP contribution >= 0.6 is 27.7 Å². The molecule has 19 heavy (non-hydrogen) atoms. The third-order valence-corrected chi connectivity index (χ3v) is 5.61. The van der Waals surface area contributed by atoms with Gasteiger partial charge in [0, 0.05) is 36.7 Å². The first-order chi connectivity index (χ1) is 9.11. The summed E-state index contributed by atoms with van der Waals surface area (Å²) < 4.78 is 0.617. The lowest BCUT2D eigenvalue weighted by atomic mass is 10.1. The van der Waals surface area contributed by atoms with Crippen molar-refractivity contribution in [3.63, 3.8) is 0 Å². The molecule has 1 aromatic rings. The van der Waals surface area contributed by atoms with Crippen LogP contribution in [0.1, 0.15) is 18.9 Å². The summed E-state index contributed by atoms with van der Waals surface area (Å²) in [5.74, 6) is 1.14. The van der Waals surface area contributed by atoms with Crippen LogP contribution in [0.2, 0.25) is 0 Å². The first-order valence-corrected chi connectivity index (χ1v) is 8.21. The quantitative estimate of drug-likeness (QED) is 0.617. The van der Waals surface area contributed by atoms with Crippen molar-refractivity contribution in [2.24, 2.45) is 0 Å². The zero-order chi connectivity index (χ0) is 13.8. The van der Waals surface area contributed by atoms with Crippen LogP contribution in [0.3, 0.4) is 0 Å². The van der Waals surface area contributed by atoms with Crippen molar-refractivity contribution in [1.29, 1.82) is 0 Å². The van der Waals surface area contributed by atoms with Gasteiger partial charge in [-0.3, -0.25) is 15.0 Å². The first kappa shape index (κ1) is 14.8. The van der Waals surface area contributed by atoms with E-state index in [-0.39, 0.29) is 10.6 Å². The Morgan fingerprint density at radius 2 is 2.37 bits per heavy atom. The van der Waals surface area contributed by atoms with Gasteiger partial charge < -0.3 is 0 Å². The molecule has 0 bridgehead atoms. The molecular weight excluding hydrogens is 328 g/mol. The number of nitro benzene ring substituents is 1. The predicted octanol–water partition coefficient (Wildman–Crippen LogP) is 3.68. The molecule has 0 spiro atoms. The fraction of sp³-hybridized carbons (Fsp3) is 0.538. The summed E-state index contributed by atoms with van der Waals surface area (Å²) in [5.41, 5.74) is 1.15. The highest BCUT2D eigenvalue weighted by atomic mass is 79.9.